The highest BCUT2D eigenvalue weighted by molar-refractivity contribution is 7.21. The maximum absolute atomic E-state index is 12.2. The predicted octanol–water partition coefficient (Wildman–Crippen LogP) is 5.25. The molecule has 1 fully saturated rings. The first-order valence-electron chi connectivity index (χ1n) is 8.40. The fourth-order valence-electron chi connectivity index (χ4n) is 3.83. The van der Waals surface area contributed by atoms with Crippen molar-refractivity contribution in [1.82, 2.24) is 4.98 Å². The quantitative estimate of drug-likeness (QED) is 0.710. The number of para-hydroxylation sites is 1. The van der Waals surface area contributed by atoms with Crippen LogP contribution in [0, 0.1) is 0 Å². The number of hydrogen-bond donors (Lipinski definition) is 1. The van der Waals surface area contributed by atoms with Gasteiger partial charge in [-0.2, -0.15) is 0 Å². The Bertz CT molecular complexity index is 860. The average Bonchev–Trinajstić information content (AvgIpc) is 3.06. The monoisotopic (exact) mass is 337 g/mol. The van der Waals surface area contributed by atoms with E-state index in [9.17, 15) is 9.90 Å². The molecule has 3 aromatic rings. The van der Waals surface area contributed by atoms with Gasteiger partial charge in [-0.25, -0.2) is 4.98 Å². The molecule has 0 bridgehead atoms. The number of nitrogens with zero attached hydrogens (tertiary/aromatic N) is 1. The maximum atomic E-state index is 12.2. The van der Waals surface area contributed by atoms with Crippen LogP contribution >= 0.6 is 11.3 Å². The van der Waals surface area contributed by atoms with Crippen LogP contribution in [0.25, 0.3) is 20.8 Å². The van der Waals surface area contributed by atoms with Crippen molar-refractivity contribution in [3.05, 3.63) is 54.1 Å². The van der Waals surface area contributed by atoms with Crippen LogP contribution in [-0.4, -0.2) is 16.1 Å². The van der Waals surface area contributed by atoms with Gasteiger partial charge in [0.2, 0.25) is 0 Å². The Hall–Kier alpha value is -2.20. The van der Waals surface area contributed by atoms with Gasteiger partial charge in [-0.1, -0.05) is 55.7 Å². The molecule has 0 radical (unpaired) electrons. The average molecular weight is 337 g/mol. The molecular formula is C20H19NO2S. The number of thiazole rings is 1. The Morgan fingerprint density at radius 2 is 1.71 bits per heavy atom. The van der Waals surface area contributed by atoms with Gasteiger partial charge in [0.05, 0.1) is 15.6 Å². The van der Waals surface area contributed by atoms with Crippen LogP contribution in [0.5, 0.6) is 0 Å². The van der Waals surface area contributed by atoms with E-state index in [1.54, 1.807) is 11.3 Å². The molecule has 0 aliphatic heterocycles. The molecule has 1 N–H and O–H groups in total. The first kappa shape index (κ1) is 15.3. The van der Waals surface area contributed by atoms with Crippen molar-refractivity contribution >= 4 is 27.5 Å². The zero-order valence-electron chi connectivity index (χ0n) is 13.4. The first-order chi connectivity index (χ1) is 11.7. The summed E-state index contributed by atoms with van der Waals surface area (Å²) in [6.07, 6.45) is 4.49. The van der Waals surface area contributed by atoms with E-state index in [1.165, 1.54) is 0 Å². The Kier molecular flexibility index (Phi) is 3.85. The van der Waals surface area contributed by atoms with Gasteiger partial charge >= 0.3 is 5.97 Å². The summed E-state index contributed by atoms with van der Waals surface area (Å²) >= 11 is 1.63. The van der Waals surface area contributed by atoms with Crippen LogP contribution in [0.4, 0.5) is 0 Å². The molecule has 0 spiro atoms. The molecule has 2 aromatic carbocycles. The number of fused-ring (bicyclic) bond motifs is 1. The molecule has 1 heterocycles. The van der Waals surface area contributed by atoms with Crippen molar-refractivity contribution in [2.24, 2.45) is 0 Å². The normalized spacial score (nSPS) is 17.0. The molecule has 122 valence electrons. The smallest absolute Gasteiger partial charge is 0.314 e. The number of carboxylic acids is 1. The number of rotatable bonds is 3. The molecule has 24 heavy (non-hydrogen) atoms. The molecule has 3 nitrogen and oxygen atoms in total. The molecule has 1 saturated carbocycles. The van der Waals surface area contributed by atoms with Crippen molar-refractivity contribution in [3.63, 3.8) is 0 Å². The lowest BCUT2D eigenvalue weighted by Gasteiger charge is -2.34. The summed E-state index contributed by atoms with van der Waals surface area (Å²) in [5.74, 6) is -0.698. The van der Waals surface area contributed by atoms with Gasteiger partial charge in [-0.15, -0.1) is 11.3 Å². The Balaban J connectivity index is 1.90. The van der Waals surface area contributed by atoms with Crippen molar-refractivity contribution in [1.29, 1.82) is 0 Å². The zero-order valence-corrected chi connectivity index (χ0v) is 14.2. The topological polar surface area (TPSA) is 50.2 Å². The lowest BCUT2D eigenvalue weighted by atomic mass is 9.68. The molecule has 1 aliphatic carbocycles. The van der Waals surface area contributed by atoms with Crippen LogP contribution in [-0.2, 0) is 10.2 Å². The largest absolute Gasteiger partial charge is 0.481 e. The number of carbonyl (C=O) groups is 1. The Labute approximate surface area is 145 Å². The molecule has 1 aliphatic rings. The third kappa shape index (κ3) is 2.42. The highest BCUT2D eigenvalue weighted by Crippen LogP contribution is 2.44. The van der Waals surface area contributed by atoms with Gasteiger partial charge in [0, 0.05) is 5.56 Å². The van der Waals surface area contributed by atoms with E-state index in [0.717, 1.165) is 45.6 Å². The maximum Gasteiger partial charge on any atom is 0.314 e. The number of hydrogen-bond acceptors (Lipinski definition) is 3. The summed E-state index contributed by atoms with van der Waals surface area (Å²) in [5, 5.41) is 11.0. The van der Waals surface area contributed by atoms with Gasteiger partial charge in [0.25, 0.3) is 0 Å². The molecule has 4 rings (SSSR count). The minimum atomic E-state index is -0.771. The van der Waals surface area contributed by atoms with Crippen LogP contribution in [0.3, 0.4) is 0 Å². The van der Waals surface area contributed by atoms with E-state index >= 15 is 0 Å². The predicted molar refractivity (Wildman–Crippen MR) is 97.5 cm³/mol. The third-order valence-electron chi connectivity index (χ3n) is 5.08. The van der Waals surface area contributed by atoms with Crippen LogP contribution in [0.15, 0.2) is 48.5 Å². The van der Waals surface area contributed by atoms with Gasteiger partial charge in [0.1, 0.15) is 5.01 Å². The number of carboxylic acid groups (broad SMARTS) is 1. The van der Waals surface area contributed by atoms with Crippen molar-refractivity contribution in [2.45, 2.75) is 37.5 Å². The van der Waals surface area contributed by atoms with Crippen LogP contribution < -0.4 is 0 Å². The summed E-state index contributed by atoms with van der Waals surface area (Å²) < 4.78 is 1.13. The van der Waals surface area contributed by atoms with Crippen molar-refractivity contribution in [2.75, 3.05) is 0 Å². The molecule has 0 unspecified atom stereocenters. The van der Waals surface area contributed by atoms with Gasteiger partial charge < -0.3 is 5.11 Å². The van der Waals surface area contributed by atoms with Crippen molar-refractivity contribution < 1.29 is 9.90 Å². The fourth-order valence-corrected chi connectivity index (χ4v) is 4.83. The Morgan fingerprint density at radius 3 is 2.46 bits per heavy atom. The molecule has 0 amide bonds. The number of aliphatic carboxylic acids is 1. The van der Waals surface area contributed by atoms with Crippen LogP contribution in [0.2, 0.25) is 0 Å². The number of aromatic nitrogens is 1. The standard InChI is InChI=1S/C20H19NO2S/c22-19(23)20(12-6-1-7-13-20)15-9-3-2-8-14(15)18-21-16-10-4-5-11-17(16)24-18/h2-5,8-11H,1,6-7,12-13H2,(H,22,23). The summed E-state index contributed by atoms with van der Waals surface area (Å²) in [6.45, 7) is 0. The van der Waals surface area contributed by atoms with Gasteiger partial charge in [-0.3, -0.25) is 4.79 Å². The summed E-state index contributed by atoms with van der Waals surface area (Å²) in [6, 6.07) is 16.0. The molecular weight excluding hydrogens is 318 g/mol. The van der Waals surface area contributed by atoms with E-state index in [4.69, 9.17) is 4.98 Å². The minimum absolute atomic E-state index is 0.698. The SMILES string of the molecule is O=C(O)C1(c2ccccc2-c2nc3ccccc3s2)CCCCC1. The van der Waals surface area contributed by atoms with E-state index in [1.807, 2.05) is 42.5 Å². The second-order valence-corrected chi connectivity index (χ2v) is 7.51. The Morgan fingerprint density at radius 1 is 1.00 bits per heavy atom. The van der Waals surface area contributed by atoms with E-state index in [2.05, 4.69) is 6.07 Å². The second kappa shape index (κ2) is 6.02. The molecule has 4 heteroatoms. The van der Waals surface area contributed by atoms with E-state index in [-0.39, 0.29) is 0 Å². The fraction of sp³-hybridized carbons (Fsp3) is 0.300. The van der Waals surface area contributed by atoms with Gasteiger partial charge in [0.15, 0.2) is 0 Å². The van der Waals surface area contributed by atoms with E-state index < -0.39 is 11.4 Å². The zero-order chi connectivity index (χ0) is 16.6. The van der Waals surface area contributed by atoms with Crippen LogP contribution in [0.1, 0.15) is 37.7 Å². The first-order valence-corrected chi connectivity index (χ1v) is 9.21. The summed E-state index contributed by atoms with van der Waals surface area (Å²) in [5.41, 5.74) is 2.10. The highest BCUT2D eigenvalue weighted by Gasteiger charge is 2.42. The van der Waals surface area contributed by atoms with Crippen molar-refractivity contribution in [3.8, 4) is 10.6 Å². The van der Waals surface area contributed by atoms with E-state index in [0.29, 0.717) is 12.8 Å². The number of benzene rings is 2. The highest BCUT2D eigenvalue weighted by atomic mass is 32.1. The minimum Gasteiger partial charge on any atom is -0.481 e. The van der Waals surface area contributed by atoms with Gasteiger partial charge in [-0.05, 0) is 30.5 Å². The molecule has 1 aromatic heterocycles. The summed E-state index contributed by atoms with van der Waals surface area (Å²) in [7, 11) is 0. The second-order valence-electron chi connectivity index (χ2n) is 6.48. The third-order valence-corrected chi connectivity index (χ3v) is 6.15. The molecule has 0 atom stereocenters. The summed E-state index contributed by atoms with van der Waals surface area (Å²) in [4.78, 5) is 17.0. The lowest BCUT2D eigenvalue weighted by Crippen LogP contribution is -2.38. The lowest BCUT2D eigenvalue weighted by molar-refractivity contribution is -0.145. The molecule has 0 saturated heterocycles.